The van der Waals surface area contributed by atoms with Gasteiger partial charge in [0.25, 0.3) is 0 Å². The van der Waals surface area contributed by atoms with Crippen molar-refractivity contribution in [3.63, 3.8) is 0 Å². The molecule has 0 saturated heterocycles. The van der Waals surface area contributed by atoms with E-state index < -0.39 is 0 Å². The van der Waals surface area contributed by atoms with Gasteiger partial charge in [0.2, 0.25) is 0 Å². The summed E-state index contributed by atoms with van der Waals surface area (Å²) in [6.07, 6.45) is 0. The SMILES string of the molecule is Clc1ccc(-c2nc(-c3ccc(Cl)s3)sc2-c2ccccc2)cc1. The summed E-state index contributed by atoms with van der Waals surface area (Å²) in [6, 6.07) is 22.1. The number of hydrogen-bond acceptors (Lipinski definition) is 3. The van der Waals surface area contributed by atoms with Gasteiger partial charge in [0.05, 0.1) is 19.8 Å². The van der Waals surface area contributed by atoms with Crippen LogP contribution in [0.1, 0.15) is 0 Å². The van der Waals surface area contributed by atoms with E-state index in [4.69, 9.17) is 28.2 Å². The van der Waals surface area contributed by atoms with Crippen LogP contribution in [0.3, 0.4) is 0 Å². The van der Waals surface area contributed by atoms with E-state index in [1.54, 1.807) is 22.7 Å². The van der Waals surface area contributed by atoms with E-state index in [-0.39, 0.29) is 0 Å². The molecule has 0 atom stereocenters. The Bertz CT molecular complexity index is 972. The average Bonchev–Trinajstić information content (AvgIpc) is 3.23. The summed E-state index contributed by atoms with van der Waals surface area (Å²) in [4.78, 5) is 7.13. The highest BCUT2D eigenvalue weighted by molar-refractivity contribution is 7.25. The van der Waals surface area contributed by atoms with Crippen LogP contribution >= 0.6 is 45.9 Å². The highest BCUT2D eigenvalue weighted by atomic mass is 35.5. The van der Waals surface area contributed by atoms with Crippen molar-refractivity contribution in [1.29, 1.82) is 0 Å². The molecule has 4 rings (SSSR count). The van der Waals surface area contributed by atoms with Crippen molar-refractivity contribution in [3.05, 3.63) is 76.1 Å². The van der Waals surface area contributed by atoms with E-state index in [2.05, 4.69) is 12.1 Å². The fraction of sp³-hybridized carbons (Fsp3) is 0. The first-order chi connectivity index (χ1) is 11.7. The zero-order chi connectivity index (χ0) is 16.5. The van der Waals surface area contributed by atoms with E-state index >= 15 is 0 Å². The molecule has 0 radical (unpaired) electrons. The van der Waals surface area contributed by atoms with Crippen LogP contribution in [0.2, 0.25) is 9.36 Å². The lowest BCUT2D eigenvalue weighted by Gasteiger charge is -2.02. The maximum Gasteiger partial charge on any atom is 0.134 e. The van der Waals surface area contributed by atoms with Crippen molar-refractivity contribution < 1.29 is 0 Å². The van der Waals surface area contributed by atoms with Crippen LogP contribution < -0.4 is 0 Å². The molecule has 118 valence electrons. The largest absolute Gasteiger partial charge is 0.235 e. The number of benzene rings is 2. The van der Waals surface area contributed by atoms with E-state index in [1.165, 1.54) is 0 Å². The first-order valence-corrected chi connectivity index (χ1v) is 9.67. The minimum Gasteiger partial charge on any atom is -0.235 e. The molecule has 0 aliphatic heterocycles. The molecule has 24 heavy (non-hydrogen) atoms. The van der Waals surface area contributed by atoms with E-state index in [0.717, 1.165) is 40.9 Å². The summed E-state index contributed by atoms with van der Waals surface area (Å²) in [5, 5.41) is 1.70. The van der Waals surface area contributed by atoms with Crippen LogP contribution in [-0.4, -0.2) is 4.98 Å². The molecule has 2 aromatic heterocycles. The van der Waals surface area contributed by atoms with Crippen molar-refractivity contribution in [2.24, 2.45) is 0 Å². The monoisotopic (exact) mass is 387 g/mol. The zero-order valence-electron chi connectivity index (χ0n) is 12.4. The highest BCUT2D eigenvalue weighted by Crippen LogP contribution is 2.42. The van der Waals surface area contributed by atoms with Crippen molar-refractivity contribution in [2.45, 2.75) is 0 Å². The van der Waals surface area contributed by atoms with Crippen LogP contribution in [0.4, 0.5) is 0 Å². The molecule has 0 spiro atoms. The van der Waals surface area contributed by atoms with Gasteiger partial charge < -0.3 is 0 Å². The molecular weight excluding hydrogens is 377 g/mol. The first kappa shape index (κ1) is 15.9. The van der Waals surface area contributed by atoms with E-state index in [1.807, 2.05) is 54.6 Å². The van der Waals surface area contributed by atoms with Crippen molar-refractivity contribution in [2.75, 3.05) is 0 Å². The molecule has 0 unspecified atom stereocenters. The number of halogens is 2. The van der Waals surface area contributed by atoms with Gasteiger partial charge in [0.1, 0.15) is 5.01 Å². The predicted molar refractivity (Wildman–Crippen MR) is 106 cm³/mol. The maximum absolute atomic E-state index is 6.09. The van der Waals surface area contributed by atoms with Gasteiger partial charge in [-0.05, 0) is 29.8 Å². The zero-order valence-corrected chi connectivity index (χ0v) is 15.5. The molecule has 0 amide bonds. The van der Waals surface area contributed by atoms with E-state index in [0.29, 0.717) is 0 Å². The normalized spacial score (nSPS) is 10.9. The van der Waals surface area contributed by atoms with Crippen LogP contribution in [-0.2, 0) is 0 Å². The Morgan fingerprint density at radius 1 is 0.708 bits per heavy atom. The fourth-order valence-corrected chi connectivity index (χ4v) is 4.76. The molecule has 4 aromatic rings. The quantitative estimate of drug-likeness (QED) is 0.354. The topological polar surface area (TPSA) is 12.9 Å². The lowest BCUT2D eigenvalue weighted by Crippen LogP contribution is -1.82. The Hall–Kier alpha value is -1.65. The molecule has 0 saturated carbocycles. The number of rotatable bonds is 3. The molecule has 0 aliphatic rings. The molecule has 5 heteroatoms. The van der Waals surface area contributed by atoms with Crippen LogP contribution in [0.25, 0.3) is 31.6 Å². The van der Waals surface area contributed by atoms with Crippen molar-refractivity contribution in [3.8, 4) is 31.6 Å². The molecular formula is C19H11Cl2NS2. The summed E-state index contributed by atoms with van der Waals surface area (Å²) in [5.74, 6) is 0. The van der Waals surface area contributed by atoms with Crippen LogP contribution in [0.15, 0.2) is 66.7 Å². The molecule has 0 bridgehead atoms. The Morgan fingerprint density at radius 3 is 2.12 bits per heavy atom. The average molecular weight is 388 g/mol. The number of hydrogen-bond donors (Lipinski definition) is 0. The lowest BCUT2D eigenvalue weighted by molar-refractivity contribution is 1.41. The van der Waals surface area contributed by atoms with Crippen molar-refractivity contribution >= 4 is 45.9 Å². The van der Waals surface area contributed by atoms with Gasteiger partial charge in [-0.15, -0.1) is 22.7 Å². The maximum atomic E-state index is 6.09. The fourth-order valence-electron chi connectivity index (χ4n) is 2.44. The summed E-state index contributed by atoms with van der Waals surface area (Å²) < 4.78 is 0.773. The van der Waals surface area contributed by atoms with Gasteiger partial charge in [-0.3, -0.25) is 0 Å². The van der Waals surface area contributed by atoms with E-state index in [9.17, 15) is 0 Å². The Kier molecular flexibility index (Phi) is 4.42. The predicted octanol–water partition coefficient (Wildman–Crippen LogP) is 7.51. The van der Waals surface area contributed by atoms with Gasteiger partial charge in [0, 0.05) is 10.6 Å². The minimum atomic E-state index is 0.723. The molecule has 0 aliphatic carbocycles. The second-order valence-electron chi connectivity index (χ2n) is 5.17. The van der Waals surface area contributed by atoms with Gasteiger partial charge in [-0.2, -0.15) is 0 Å². The third-order valence-corrected chi connectivity index (χ3v) is 6.32. The summed E-state index contributed by atoms with van der Waals surface area (Å²) in [6.45, 7) is 0. The van der Waals surface area contributed by atoms with Gasteiger partial charge in [-0.25, -0.2) is 4.98 Å². The number of nitrogens with zero attached hydrogens (tertiary/aromatic N) is 1. The van der Waals surface area contributed by atoms with Gasteiger partial charge in [0.15, 0.2) is 0 Å². The first-order valence-electron chi connectivity index (χ1n) is 7.28. The molecule has 0 N–H and O–H groups in total. The Labute approximate surface area is 158 Å². The second kappa shape index (κ2) is 6.69. The highest BCUT2D eigenvalue weighted by Gasteiger charge is 2.17. The Balaban J connectivity index is 1.90. The molecule has 2 heterocycles. The van der Waals surface area contributed by atoms with Gasteiger partial charge in [-0.1, -0.05) is 65.7 Å². The number of aromatic nitrogens is 1. The number of thiazole rings is 1. The van der Waals surface area contributed by atoms with Gasteiger partial charge >= 0.3 is 0 Å². The minimum absolute atomic E-state index is 0.723. The smallest absolute Gasteiger partial charge is 0.134 e. The second-order valence-corrected chi connectivity index (χ2v) is 8.32. The van der Waals surface area contributed by atoms with Crippen LogP contribution in [0.5, 0.6) is 0 Å². The summed E-state index contributed by atoms with van der Waals surface area (Å²) >= 11 is 15.4. The van der Waals surface area contributed by atoms with Crippen LogP contribution in [0, 0.1) is 0 Å². The summed E-state index contributed by atoms with van der Waals surface area (Å²) in [5.41, 5.74) is 3.19. The summed E-state index contributed by atoms with van der Waals surface area (Å²) in [7, 11) is 0. The molecule has 1 nitrogen and oxygen atoms in total. The van der Waals surface area contributed by atoms with Crippen molar-refractivity contribution in [1.82, 2.24) is 4.98 Å². The molecule has 2 aromatic carbocycles. The third kappa shape index (κ3) is 3.13. The standard InChI is InChI=1S/C19H11Cl2NS2/c20-14-8-6-12(7-9-14)17-18(13-4-2-1-3-5-13)24-19(22-17)15-10-11-16(21)23-15/h1-11H. The number of thiophene rings is 1. The Morgan fingerprint density at radius 2 is 1.46 bits per heavy atom. The lowest BCUT2D eigenvalue weighted by atomic mass is 10.1. The third-order valence-electron chi connectivity index (χ3n) is 3.56. The molecule has 0 fully saturated rings.